The number of ether oxygens (including phenoxy) is 2. The van der Waals surface area contributed by atoms with Gasteiger partial charge in [0.05, 0.1) is 13.2 Å². The molecule has 20 heavy (non-hydrogen) atoms. The summed E-state index contributed by atoms with van der Waals surface area (Å²) < 4.78 is 10.6. The molecule has 0 unspecified atom stereocenters. The number of carbonyl (C=O) groups excluding carboxylic acids is 1. The molecule has 0 heterocycles. The minimum Gasteiger partial charge on any atom is -0.493 e. The predicted octanol–water partition coefficient (Wildman–Crippen LogP) is 3.21. The van der Waals surface area contributed by atoms with Crippen molar-refractivity contribution in [2.45, 2.75) is 45.6 Å². The summed E-state index contributed by atoms with van der Waals surface area (Å²) >= 11 is 0. The summed E-state index contributed by atoms with van der Waals surface area (Å²) in [5.74, 6) is 0.739. The molecule has 2 N–H and O–H groups in total. The van der Waals surface area contributed by atoms with Crippen molar-refractivity contribution in [3.05, 3.63) is 29.8 Å². The van der Waals surface area contributed by atoms with Crippen LogP contribution in [-0.2, 0) is 9.53 Å². The highest BCUT2D eigenvalue weighted by molar-refractivity contribution is 5.69. The van der Waals surface area contributed by atoms with Crippen LogP contribution in [0.1, 0.15) is 51.1 Å². The molecule has 0 aliphatic rings. The standard InChI is InChI=1S/C16H25NO3/c1-3-19-16(18)11-5-4-8-12-20-15-10-7-6-9-14(15)13(2)17/h6-7,9-10,13H,3-5,8,11-12,17H2,1-2H3/t13-/m1/s1. The lowest BCUT2D eigenvalue weighted by molar-refractivity contribution is -0.143. The number of rotatable bonds is 9. The van der Waals surface area contributed by atoms with E-state index < -0.39 is 0 Å². The normalized spacial score (nSPS) is 11.9. The van der Waals surface area contributed by atoms with Crippen molar-refractivity contribution in [2.24, 2.45) is 5.73 Å². The fraction of sp³-hybridized carbons (Fsp3) is 0.562. The molecule has 0 saturated heterocycles. The van der Waals surface area contributed by atoms with Gasteiger partial charge < -0.3 is 15.2 Å². The fourth-order valence-corrected chi connectivity index (χ4v) is 1.95. The highest BCUT2D eigenvalue weighted by Gasteiger charge is 2.06. The molecule has 0 aromatic heterocycles. The molecule has 0 bridgehead atoms. The maximum absolute atomic E-state index is 11.1. The van der Waals surface area contributed by atoms with Crippen LogP contribution in [-0.4, -0.2) is 19.2 Å². The van der Waals surface area contributed by atoms with Gasteiger partial charge >= 0.3 is 5.97 Å². The van der Waals surface area contributed by atoms with Crippen LogP contribution < -0.4 is 10.5 Å². The smallest absolute Gasteiger partial charge is 0.305 e. The molecule has 0 aliphatic carbocycles. The van der Waals surface area contributed by atoms with Crippen LogP contribution in [0.5, 0.6) is 5.75 Å². The molecule has 0 aliphatic heterocycles. The summed E-state index contributed by atoms with van der Waals surface area (Å²) in [6.45, 7) is 4.87. The van der Waals surface area contributed by atoms with Crippen LogP contribution in [0, 0.1) is 0 Å². The van der Waals surface area contributed by atoms with E-state index in [1.807, 2.05) is 38.1 Å². The first-order chi connectivity index (χ1) is 9.65. The molecular weight excluding hydrogens is 254 g/mol. The van der Waals surface area contributed by atoms with Crippen LogP contribution in [0.25, 0.3) is 0 Å². The number of nitrogens with two attached hydrogens (primary N) is 1. The lowest BCUT2D eigenvalue weighted by Gasteiger charge is -2.13. The first kappa shape index (κ1) is 16.5. The topological polar surface area (TPSA) is 61.5 Å². The van der Waals surface area contributed by atoms with E-state index in [-0.39, 0.29) is 12.0 Å². The molecular formula is C16H25NO3. The summed E-state index contributed by atoms with van der Waals surface area (Å²) in [4.78, 5) is 11.1. The average molecular weight is 279 g/mol. The van der Waals surface area contributed by atoms with Gasteiger partial charge in [-0.1, -0.05) is 18.2 Å². The summed E-state index contributed by atoms with van der Waals surface area (Å²) in [7, 11) is 0. The zero-order valence-electron chi connectivity index (χ0n) is 12.4. The Hall–Kier alpha value is -1.55. The predicted molar refractivity (Wildman–Crippen MR) is 79.6 cm³/mol. The van der Waals surface area contributed by atoms with Crippen molar-refractivity contribution in [2.75, 3.05) is 13.2 Å². The second kappa shape index (κ2) is 9.37. The Balaban J connectivity index is 2.20. The summed E-state index contributed by atoms with van der Waals surface area (Å²) in [5, 5.41) is 0. The van der Waals surface area contributed by atoms with Crippen molar-refractivity contribution < 1.29 is 14.3 Å². The first-order valence-corrected chi connectivity index (χ1v) is 7.28. The Morgan fingerprint density at radius 2 is 2.00 bits per heavy atom. The monoisotopic (exact) mass is 279 g/mol. The third-order valence-electron chi connectivity index (χ3n) is 3.00. The number of benzene rings is 1. The van der Waals surface area contributed by atoms with Gasteiger partial charge in [-0.3, -0.25) is 4.79 Å². The Bertz CT molecular complexity index is 404. The quantitative estimate of drug-likeness (QED) is 0.557. The van der Waals surface area contributed by atoms with Crippen LogP contribution in [0.3, 0.4) is 0 Å². The van der Waals surface area contributed by atoms with Gasteiger partial charge in [0.25, 0.3) is 0 Å². The number of unbranched alkanes of at least 4 members (excludes halogenated alkanes) is 2. The Morgan fingerprint density at radius 3 is 2.70 bits per heavy atom. The third-order valence-corrected chi connectivity index (χ3v) is 3.00. The van der Waals surface area contributed by atoms with Crippen molar-refractivity contribution in [3.8, 4) is 5.75 Å². The number of hydrogen-bond donors (Lipinski definition) is 1. The van der Waals surface area contributed by atoms with Crippen molar-refractivity contribution >= 4 is 5.97 Å². The Kier molecular flexibility index (Phi) is 7.73. The summed E-state index contributed by atoms with van der Waals surface area (Å²) in [6.07, 6.45) is 3.22. The Morgan fingerprint density at radius 1 is 1.25 bits per heavy atom. The lowest BCUT2D eigenvalue weighted by atomic mass is 10.1. The van der Waals surface area contributed by atoms with E-state index in [2.05, 4.69) is 0 Å². The van der Waals surface area contributed by atoms with Gasteiger partial charge in [0.1, 0.15) is 5.75 Å². The zero-order chi connectivity index (χ0) is 14.8. The molecule has 1 aromatic carbocycles. The van der Waals surface area contributed by atoms with E-state index in [0.29, 0.717) is 19.6 Å². The summed E-state index contributed by atoms with van der Waals surface area (Å²) in [5.41, 5.74) is 6.92. The summed E-state index contributed by atoms with van der Waals surface area (Å²) in [6, 6.07) is 7.81. The van der Waals surface area contributed by atoms with E-state index in [4.69, 9.17) is 15.2 Å². The van der Waals surface area contributed by atoms with Crippen LogP contribution in [0.2, 0.25) is 0 Å². The minimum atomic E-state index is -0.115. The number of carbonyl (C=O) groups is 1. The lowest BCUT2D eigenvalue weighted by Crippen LogP contribution is -2.08. The van der Waals surface area contributed by atoms with Gasteiger partial charge in [-0.25, -0.2) is 0 Å². The van der Waals surface area contributed by atoms with Gasteiger partial charge in [-0.05, 0) is 39.2 Å². The molecule has 0 saturated carbocycles. The average Bonchev–Trinajstić information content (AvgIpc) is 2.43. The number of esters is 1. The third kappa shape index (κ3) is 6.06. The van der Waals surface area contributed by atoms with E-state index >= 15 is 0 Å². The van der Waals surface area contributed by atoms with Crippen molar-refractivity contribution in [3.63, 3.8) is 0 Å². The second-order valence-corrected chi connectivity index (χ2v) is 4.79. The SMILES string of the molecule is CCOC(=O)CCCCCOc1ccccc1[C@@H](C)N. The maximum Gasteiger partial charge on any atom is 0.305 e. The van der Waals surface area contributed by atoms with E-state index in [0.717, 1.165) is 30.6 Å². The molecule has 0 radical (unpaired) electrons. The fourth-order valence-electron chi connectivity index (χ4n) is 1.95. The maximum atomic E-state index is 11.1. The number of hydrogen-bond acceptors (Lipinski definition) is 4. The van der Waals surface area contributed by atoms with Gasteiger partial charge in [0.15, 0.2) is 0 Å². The molecule has 0 spiro atoms. The van der Waals surface area contributed by atoms with Gasteiger partial charge in [-0.2, -0.15) is 0 Å². The van der Waals surface area contributed by atoms with E-state index in [9.17, 15) is 4.79 Å². The highest BCUT2D eigenvalue weighted by atomic mass is 16.5. The second-order valence-electron chi connectivity index (χ2n) is 4.79. The minimum absolute atomic E-state index is 0.0324. The molecule has 112 valence electrons. The van der Waals surface area contributed by atoms with Gasteiger partial charge in [-0.15, -0.1) is 0 Å². The van der Waals surface area contributed by atoms with E-state index in [1.54, 1.807) is 0 Å². The largest absolute Gasteiger partial charge is 0.493 e. The molecule has 0 amide bonds. The first-order valence-electron chi connectivity index (χ1n) is 7.28. The van der Waals surface area contributed by atoms with Crippen molar-refractivity contribution in [1.29, 1.82) is 0 Å². The molecule has 4 nitrogen and oxygen atoms in total. The van der Waals surface area contributed by atoms with Crippen LogP contribution >= 0.6 is 0 Å². The molecule has 1 aromatic rings. The molecule has 1 rings (SSSR count). The molecule has 4 heteroatoms. The molecule has 0 fully saturated rings. The Labute approximate surface area is 121 Å². The van der Waals surface area contributed by atoms with E-state index in [1.165, 1.54) is 0 Å². The van der Waals surface area contributed by atoms with Crippen LogP contribution in [0.15, 0.2) is 24.3 Å². The van der Waals surface area contributed by atoms with Gasteiger partial charge in [0, 0.05) is 18.0 Å². The highest BCUT2D eigenvalue weighted by Crippen LogP contribution is 2.23. The van der Waals surface area contributed by atoms with Crippen LogP contribution in [0.4, 0.5) is 0 Å². The zero-order valence-corrected chi connectivity index (χ0v) is 12.4. The van der Waals surface area contributed by atoms with Gasteiger partial charge in [0.2, 0.25) is 0 Å². The van der Waals surface area contributed by atoms with Crippen molar-refractivity contribution in [1.82, 2.24) is 0 Å². The molecule has 1 atom stereocenters. The number of para-hydroxylation sites is 1.